The first-order valence-electron chi connectivity index (χ1n) is 4.40. The molecule has 0 heterocycles. The summed E-state index contributed by atoms with van der Waals surface area (Å²) in [7, 11) is 0. The van der Waals surface area contributed by atoms with Crippen molar-refractivity contribution < 1.29 is 27.1 Å². The van der Waals surface area contributed by atoms with Crippen molar-refractivity contribution in [2.45, 2.75) is 20.0 Å². The summed E-state index contributed by atoms with van der Waals surface area (Å²) in [4.78, 5) is 11.2. The first-order chi connectivity index (χ1) is 7.82. The molecule has 2 nitrogen and oxygen atoms in total. The Morgan fingerprint density at radius 1 is 1.29 bits per heavy atom. The topological polar surface area (TPSA) is 26.3 Å². The van der Waals surface area contributed by atoms with Gasteiger partial charge in [-0.05, 0) is 35.0 Å². The number of benzene rings is 1. The molecule has 7 heteroatoms. The van der Waals surface area contributed by atoms with Gasteiger partial charge >= 0.3 is 6.61 Å². The number of hydrogen-bond donors (Lipinski definition) is 0. The van der Waals surface area contributed by atoms with Crippen molar-refractivity contribution in [2.24, 2.45) is 0 Å². The van der Waals surface area contributed by atoms with E-state index in [2.05, 4.69) is 20.7 Å². The summed E-state index contributed by atoms with van der Waals surface area (Å²) in [5.74, 6) is -1.12. The van der Waals surface area contributed by atoms with E-state index in [1.165, 1.54) is 0 Å². The van der Waals surface area contributed by atoms with Crippen molar-refractivity contribution in [1.29, 1.82) is 0 Å². The molecule has 0 N–H and O–H groups in total. The smallest absolute Gasteiger partial charge is 0.387 e. The molecule has 94 valence electrons. The molecule has 1 aromatic carbocycles. The lowest BCUT2D eigenvalue weighted by Gasteiger charge is -2.12. The van der Waals surface area contributed by atoms with Gasteiger partial charge in [0, 0.05) is 10.0 Å². The molecule has 0 aliphatic rings. The van der Waals surface area contributed by atoms with Crippen molar-refractivity contribution in [2.75, 3.05) is 0 Å². The van der Waals surface area contributed by atoms with Crippen LogP contribution in [0.4, 0.5) is 17.6 Å². The summed E-state index contributed by atoms with van der Waals surface area (Å²) < 4.78 is 53.1. The summed E-state index contributed by atoms with van der Waals surface area (Å²) in [6, 6.07) is 1.73. The molecule has 0 fully saturated rings. The van der Waals surface area contributed by atoms with Gasteiger partial charge in [0.1, 0.15) is 5.75 Å². The predicted octanol–water partition coefficient (Wildman–Crippen LogP) is 4.19. The molecule has 0 aromatic heterocycles. The van der Waals surface area contributed by atoms with Crippen LogP contribution in [0.15, 0.2) is 16.6 Å². The molecule has 0 bridgehead atoms. The summed E-state index contributed by atoms with van der Waals surface area (Å²) in [5.41, 5.74) is -0.688. The number of hydrogen-bond acceptors (Lipinski definition) is 2. The zero-order chi connectivity index (χ0) is 13.2. The van der Waals surface area contributed by atoms with Gasteiger partial charge in [-0.3, -0.25) is 4.79 Å². The second-order valence-electron chi connectivity index (χ2n) is 3.11. The third-order valence-corrected chi connectivity index (χ3v) is 2.52. The quantitative estimate of drug-likeness (QED) is 0.615. The minimum Gasteiger partial charge on any atom is -0.434 e. The fourth-order valence-electron chi connectivity index (χ4n) is 1.26. The number of halogens is 5. The summed E-state index contributed by atoms with van der Waals surface area (Å²) in [5, 5.41) is 0. The highest BCUT2D eigenvalue weighted by Gasteiger charge is 2.20. The van der Waals surface area contributed by atoms with Crippen LogP contribution in [0.1, 0.15) is 29.3 Å². The third-order valence-electron chi connectivity index (χ3n) is 1.90. The molecule has 0 radical (unpaired) electrons. The van der Waals surface area contributed by atoms with Gasteiger partial charge in [-0.1, -0.05) is 0 Å². The monoisotopic (exact) mass is 314 g/mol. The van der Waals surface area contributed by atoms with Crippen molar-refractivity contribution in [3.63, 3.8) is 0 Å². The van der Waals surface area contributed by atoms with Crippen LogP contribution in [0.3, 0.4) is 0 Å². The van der Waals surface area contributed by atoms with E-state index >= 15 is 0 Å². The van der Waals surface area contributed by atoms with Crippen LogP contribution in [0.25, 0.3) is 0 Å². The maximum absolute atomic E-state index is 12.4. The normalized spacial score (nSPS) is 11.1. The number of carbonyl (C=O) groups is 1. The van der Waals surface area contributed by atoms with Crippen molar-refractivity contribution in [1.82, 2.24) is 0 Å². The lowest BCUT2D eigenvalue weighted by Crippen LogP contribution is -2.08. The average molecular weight is 315 g/mol. The SMILES string of the molecule is CC(=O)c1c(Br)cc(C(F)F)cc1OC(F)F. The Morgan fingerprint density at radius 2 is 1.88 bits per heavy atom. The third kappa shape index (κ3) is 3.42. The maximum Gasteiger partial charge on any atom is 0.387 e. The van der Waals surface area contributed by atoms with E-state index < -0.39 is 30.1 Å². The maximum atomic E-state index is 12.4. The Hall–Kier alpha value is -1.11. The molecule has 0 aliphatic heterocycles. The van der Waals surface area contributed by atoms with E-state index in [-0.39, 0.29) is 10.0 Å². The standard InChI is InChI=1S/C10H7BrF4O2/c1-4(16)8-6(11)2-5(9(12)13)3-7(8)17-10(14)15/h2-3,9-10H,1H3. The zero-order valence-corrected chi connectivity index (χ0v) is 10.1. The summed E-state index contributed by atoms with van der Waals surface area (Å²) in [6.07, 6.45) is -2.84. The van der Waals surface area contributed by atoms with Gasteiger partial charge in [-0.2, -0.15) is 8.78 Å². The van der Waals surface area contributed by atoms with E-state index in [0.29, 0.717) is 0 Å². The van der Waals surface area contributed by atoms with Crippen LogP contribution in [-0.4, -0.2) is 12.4 Å². The summed E-state index contributed by atoms with van der Waals surface area (Å²) in [6.45, 7) is -2.06. The highest BCUT2D eigenvalue weighted by molar-refractivity contribution is 9.10. The molecule has 0 unspecified atom stereocenters. The number of alkyl halides is 4. The predicted molar refractivity (Wildman–Crippen MR) is 55.7 cm³/mol. The Bertz CT molecular complexity index is 435. The number of ketones is 1. The van der Waals surface area contributed by atoms with Gasteiger partial charge in [0.05, 0.1) is 5.56 Å². The Morgan fingerprint density at radius 3 is 2.29 bits per heavy atom. The first-order valence-corrected chi connectivity index (χ1v) is 5.19. The molecule has 17 heavy (non-hydrogen) atoms. The van der Waals surface area contributed by atoms with Crippen LogP contribution in [-0.2, 0) is 0 Å². The fraction of sp³-hybridized carbons (Fsp3) is 0.300. The van der Waals surface area contributed by atoms with Crippen LogP contribution >= 0.6 is 15.9 Å². The molecule has 0 aliphatic carbocycles. The largest absolute Gasteiger partial charge is 0.434 e. The molecule has 1 aromatic rings. The van der Waals surface area contributed by atoms with Gasteiger partial charge < -0.3 is 4.74 Å². The van der Waals surface area contributed by atoms with Gasteiger partial charge in [-0.15, -0.1) is 0 Å². The summed E-state index contributed by atoms with van der Waals surface area (Å²) >= 11 is 2.88. The van der Waals surface area contributed by atoms with Gasteiger partial charge in [0.25, 0.3) is 6.43 Å². The number of carbonyl (C=O) groups excluding carboxylic acids is 1. The minimum absolute atomic E-state index is 0.00144. The molecule has 0 atom stereocenters. The van der Waals surface area contributed by atoms with Gasteiger partial charge in [0.2, 0.25) is 0 Å². The highest BCUT2D eigenvalue weighted by Crippen LogP contribution is 2.34. The lowest BCUT2D eigenvalue weighted by molar-refractivity contribution is -0.0503. The molecule has 0 amide bonds. The highest BCUT2D eigenvalue weighted by atomic mass is 79.9. The van der Waals surface area contributed by atoms with Crippen LogP contribution < -0.4 is 4.74 Å². The zero-order valence-electron chi connectivity index (χ0n) is 8.52. The van der Waals surface area contributed by atoms with E-state index in [1.807, 2.05) is 0 Å². The van der Waals surface area contributed by atoms with E-state index in [4.69, 9.17) is 0 Å². The molecule has 0 saturated carbocycles. The van der Waals surface area contributed by atoms with Crippen LogP contribution in [0.2, 0.25) is 0 Å². The number of ether oxygens (including phenoxy) is 1. The Labute approximate surface area is 103 Å². The molecule has 0 spiro atoms. The van der Waals surface area contributed by atoms with Crippen molar-refractivity contribution in [3.8, 4) is 5.75 Å². The van der Waals surface area contributed by atoms with Crippen molar-refractivity contribution in [3.05, 3.63) is 27.7 Å². The molecular formula is C10H7BrF4O2. The lowest BCUT2D eigenvalue weighted by atomic mass is 10.1. The number of Topliss-reactive ketones (excluding diaryl/α,β-unsaturated/α-hetero) is 1. The molecular weight excluding hydrogens is 308 g/mol. The van der Waals surface area contributed by atoms with E-state index in [9.17, 15) is 22.4 Å². The van der Waals surface area contributed by atoms with Gasteiger partial charge in [0.15, 0.2) is 5.78 Å². The Balaban J connectivity index is 3.34. The van der Waals surface area contributed by atoms with E-state index in [0.717, 1.165) is 19.1 Å². The molecule has 0 saturated heterocycles. The minimum atomic E-state index is -3.19. The van der Waals surface area contributed by atoms with E-state index in [1.54, 1.807) is 0 Å². The first kappa shape index (κ1) is 14.0. The average Bonchev–Trinajstić information content (AvgIpc) is 2.14. The second kappa shape index (κ2) is 5.48. The Kier molecular flexibility index (Phi) is 4.50. The number of rotatable bonds is 4. The van der Waals surface area contributed by atoms with Gasteiger partial charge in [-0.25, -0.2) is 8.78 Å². The van der Waals surface area contributed by atoms with Crippen molar-refractivity contribution >= 4 is 21.7 Å². The molecule has 1 rings (SSSR count). The van der Waals surface area contributed by atoms with Crippen LogP contribution in [0, 0.1) is 0 Å². The fourth-order valence-corrected chi connectivity index (χ4v) is 2.00. The second-order valence-corrected chi connectivity index (χ2v) is 3.97. The van der Waals surface area contributed by atoms with Crippen LogP contribution in [0.5, 0.6) is 5.75 Å².